The number of fused-ring (bicyclic) bond motifs is 1. The van der Waals surface area contributed by atoms with Crippen molar-refractivity contribution < 1.29 is 9.59 Å². The average Bonchev–Trinajstić information content (AvgIpc) is 3.15. The molecule has 3 aromatic rings. The standard InChI is InChI=1S/C21H23ClN4O2S/c1-29-13-11-18(20-25-16-8-4-5-9-17(16)26-20)24-19(27)10-12-23-21(28)14-6-2-3-7-15(14)22/h2-9,18H,10-13H2,1H3,(H,23,28)(H,24,27)(H,25,26)/t18-/m1/s1. The van der Waals surface area contributed by atoms with Gasteiger partial charge in [-0.05, 0) is 42.7 Å². The number of imidazole rings is 1. The van der Waals surface area contributed by atoms with E-state index in [1.807, 2.05) is 30.5 Å². The second-order valence-corrected chi connectivity index (χ2v) is 7.92. The lowest BCUT2D eigenvalue weighted by Crippen LogP contribution is -2.33. The predicted molar refractivity (Wildman–Crippen MR) is 118 cm³/mol. The first-order chi connectivity index (χ1) is 14.1. The van der Waals surface area contributed by atoms with Gasteiger partial charge in [0, 0.05) is 13.0 Å². The summed E-state index contributed by atoms with van der Waals surface area (Å²) in [6, 6.07) is 14.4. The quantitative estimate of drug-likeness (QED) is 0.479. The van der Waals surface area contributed by atoms with Crippen LogP contribution in [0.1, 0.15) is 35.1 Å². The summed E-state index contributed by atoms with van der Waals surface area (Å²) in [5.41, 5.74) is 2.21. The highest BCUT2D eigenvalue weighted by molar-refractivity contribution is 7.98. The Labute approximate surface area is 178 Å². The monoisotopic (exact) mass is 430 g/mol. The number of hydrogen-bond acceptors (Lipinski definition) is 4. The number of para-hydroxylation sites is 2. The van der Waals surface area contributed by atoms with Gasteiger partial charge in [-0.1, -0.05) is 35.9 Å². The number of hydrogen-bond donors (Lipinski definition) is 3. The number of nitrogens with one attached hydrogen (secondary N) is 3. The van der Waals surface area contributed by atoms with Crippen LogP contribution in [-0.4, -0.2) is 40.3 Å². The Morgan fingerprint density at radius 2 is 1.93 bits per heavy atom. The number of carbonyl (C=O) groups is 2. The minimum absolute atomic E-state index is 0.143. The van der Waals surface area contributed by atoms with Crippen molar-refractivity contribution in [3.05, 3.63) is 64.9 Å². The fourth-order valence-electron chi connectivity index (χ4n) is 2.95. The number of amides is 2. The zero-order valence-electron chi connectivity index (χ0n) is 16.1. The first-order valence-corrected chi connectivity index (χ1v) is 11.1. The van der Waals surface area contributed by atoms with Gasteiger partial charge in [0.15, 0.2) is 0 Å². The summed E-state index contributed by atoms with van der Waals surface area (Å²) in [5, 5.41) is 6.15. The van der Waals surface area contributed by atoms with E-state index in [9.17, 15) is 9.59 Å². The van der Waals surface area contributed by atoms with E-state index in [-0.39, 0.29) is 30.8 Å². The van der Waals surface area contributed by atoms with E-state index < -0.39 is 0 Å². The molecule has 0 fully saturated rings. The average molecular weight is 431 g/mol. The first-order valence-electron chi connectivity index (χ1n) is 9.34. The molecule has 8 heteroatoms. The SMILES string of the molecule is CSCC[C@@H](NC(=O)CCNC(=O)c1ccccc1Cl)c1nc2ccccc2[nH]1. The molecule has 0 aliphatic carbocycles. The maximum atomic E-state index is 12.5. The fraction of sp³-hybridized carbons (Fsp3) is 0.286. The molecule has 0 radical (unpaired) electrons. The van der Waals surface area contributed by atoms with E-state index in [1.54, 1.807) is 36.0 Å². The summed E-state index contributed by atoms with van der Waals surface area (Å²) in [5.74, 6) is 1.20. The van der Waals surface area contributed by atoms with Crippen molar-refractivity contribution in [2.75, 3.05) is 18.6 Å². The molecule has 6 nitrogen and oxygen atoms in total. The van der Waals surface area contributed by atoms with Gasteiger partial charge in [0.05, 0.1) is 27.7 Å². The fourth-order valence-corrected chi connectivity index (χ4v) is 3.64. The number of aromatic nitrogens is 2. The Morgan fingerprint density at radius 1 is 1.17 bits per heavy atom. The Hall–Kier alpha value is -2.51. The minimum Gasteiger partial charge on any atom is -0.351 e. The van der Waals surface area contributed by atoms with Crippen molar-refractivity contribution in [3.8, 4) is 0 Å². The molecular weight excluding hydrogens is 408 g/mol. The third-order valence-corrected chi connectivity index (χ3v) is 5.41. The molecule has 0 unspecified atom stereocenters. The van der Waals surface area contributed by atoms with Crippen LogP contribution >= 0.6 is 23.4 Å². The van der Waals surface area contributed by atoms with Crippen LogP contribution in [0.5, 0.6) is 0 Å². The van der Waals surface area contributed by atoms with Crippen molar-refractivity contribution in [2.24, 2.45) is 0 Å². The van der Waals surface area contributed by atoms with Crippen molar-refractivity contribution in [1.82, 2.24) is 20.6 Å². The van der Waals surface area contributed by atoms with Gasteiger partial charge >= 0.3 is 0 Å². The number of aromatic amines is 1. The summed E-state index contributed by atoms with van der Waals surface area (Å²) in [6.07, 6.45) is 2.96. The minimum atomic E-state index is -0.292. The van der Waals surface area contributed by atoms with E-state index in [0.29, 0.717) is 10.6 Å². The molecule has 0 spiro atoms. The van der Waals surface area contributed by atoms with Crippen LogP contribution < -0.4 is 10.6 Å². The van der Waals surface area contributed by atoms with E-state index in [2.05, 4.69) is 20.6 Å². The van der Waals surface area contributed by atoms with Gasteiger partial charge in [0.2, 0.25) is 5.91 Å². The number of thioether (sulfide) groups is 1. The molecule has 0 aliphatic heterocycles. The van der Waals surface area contributed by atoms with Crippen LogP contribution in [0.4, 0.5) is 0 Å². The summed E-state index contributed by atoms with van der Waals surface area (Å²) in [7, 11) is 0. The van der Waals surface area contributed by atoms with Crippen LogP contribution in [0.15, 0.2) is 48.5 Å². The number of benzene rings is 2. The van der Waals surface area contributed by atoms with Crippen molar-refractivity contribution in [3.63, 3.8) is 0 Å². The molecule has 1 heterocycles. The molecule has 1 aromatic heterocycles. The second kappa shape index (κ2) is 10.3. The van der Waals surface area contributed by atoms with Crippen molar-refractivity contribution >= 4 is 46.2 Å². The normalized spacial score (nSPS) is 11.9. The number of nitrogens with zero attached hydrogens (tertiary/aromatic N) is 1. The molecule has 0 aliphatic rings. The maximum absolute atomic E-state index is 12.5. The Bertz CT molecular complexity index is 958. The topological polar surface area (TPSA) is 86.9 Å². The molecule has 2 amide bonds. The van der Waals surface area contributed by atoms with Gasteiger partial charge < -0.3 is 15.6 Å². The molecule has 0 saturated heterocycles. The molecule has 3 rings (SSSR count). The van der Waals surface area contributed by atoms with Crippen molar-refractivity contribution in [2.45, 2.75) is 18.9 Å². The van der Waals surface area contributed by atoms with E-state index in [1.165, 1.54) is 0 Å². The first kappa shape index (κ1) is 21.2. The van der Waals surface area contributed by atoms with Gasteiger partial charge in [-0.25, -0.2) is 4.98 Å². The largest absolute Gasteiger partial charge is 0.351 e. The number of H-pyrrole nitrogens is 1. The summed E-state index contributed by atoms with van der Waals surface area (Å²) in [4.78, 5) is 32.5. The zero-order chi connectivity index (χ0) is 20.6. The van der Waals surface area contributed by atoms with Crippen molar-refractivity contribution in [1.29, 1.82) is 0 Å². The van der Waals surface area contributed by atoms with Gasteiger partial charge in [-0.2, -0.15) is 11.8 Å². The van der Waals surface area contributed by atoms with E-state index >= 15 is 0 Å². The highest BCUT2D eigenvalue weighted by Crippen LogP contribution is 2.20. The van der Waals surface area contributed by atoms with Crippen LogP contribution in [0.3, 0.4) is 0 Å². The molecule has 3 N–H and O–H groups in total. The lowest BCUT2D eigenvalue weighted by molar-refractivity contribution is -0.121. The smallest absolute Gasteiger partial charge is 0.252 e. The van der Waals surface area contributed by atoms with Gasteiger partial charge in [0.25, 0.3) is 5.91 Å². The molecule has 2 aromatic carbocycles. The highest BCUT2D eigenvalue weighted by atomic mass is 35.5. The van der Waals surface area contributed by atoms with Gasteiger partial charge in [0.1, 0.15) is 5.82 Å². The lowest BCUT2D eigenvalue weighted by Gasteiger charge is -2.16. The maximum Gasteiger partial charge on any atom is 0.252 e. The second-order valence-electron chi connectivity index (χ2n) is 6.53. The third kappa shape index (κ3) is 5.74. The predicted octanol–water partition coefficient (Wildman–Crippen LogP) is 3.95. The number of rotatable bonds is 9. The lowest BCUT2D eigenvalue weighted by atomic mass is 10.2. The molecule has 152 valence electrons. The van der Waals surface area contributed by atoms with E-state index in [4.69, 9.17) is 11.6 Å². The van der Waals surface area contributed by atoms with Crippen LogP contribution in [0.2, 0.25) is 5.02 Å². The highest BCUT2D eigenvalue weighted by Gasteiger charge is 2.18. The Balaban J connectivity index is 1.57. The van der Waals surface area contributed by atoms with E-state index in [0.717, 1.165) is 29.0 Å². The Kier molecular flexibility index (Phi) is 7.55. The van der Waals surface area contributed by atoms with Crippen LogP contribution in [0, 0.1) is 0 Å². The Morgan fingerprint density at radius 3 is 2.69 bits per heavy atom. The van der Waals surface area contributed by atoms with Crippen LogP contribution in [0.25, 0.3) is 11.0 Å². The summed E-state index contributed by atoms with van der Waals surface area (Å²) < 4.78 is 0. The molecular formula is C21H23ClN4O2S. The summed E-state index contributed by atoms with van der Waals surface area (Å²) >= 11 is 7.74. The summed E-state index contributed by atoms with van der Waals surface area (Å²) in [6.45, 7) is 0.227. The molecule has 29 heavy (non-hydrogen) atoms. The number of carbonyl (C=O) groups excluding carboxylic acids is 2. The van der Waals surface area contributed by atoms with Gasteiger partial charge in [-0.3, -0.25) is 9.59 Å². The molecule has 1 atom stereocenters. The number of halogens is 1. The van der Waals surface area contributed by atoms with Gasteiger partial charge in [-0.15, -0.1) is 0 Å². The molecule has 0 saturated carbocycles. The molecule has 0 bridgehead atoms. The zero-order valence-corrected chi connectivity index (χ0v) is 17.6. The third-order valence-electron chi connectivity index (χ3n) is 4.44. The van der Waals surface area contributed by atoms with Crippen LogP contribution in [-0.2, 0) is 4.79 Å².